The maximum Gasteiger partial charge on any atom is 0.359 e. The molecule has 0 spiro atoms. The molecule has 0 aliphatic heterocycles. The van der Waals surface area contributed by atoms with Crippen molar-refractivity contribution >= 4 is 54.1 Å². The number of carbonyl (C=O) groups excluding carboxylic acids is 1. The van der Waals surface area contributed by atoms with Crippen molar-refractivity contribution in [2.45, 2.75) is 76.5 Å². The van der Waals surface area contributed by atoms with Gasteiger partial charge in [0.25, 0.3) is 5.69 Å². The predicted octanol–water partition coefficient (Wildman–Crippen LogP) is 5.49. The zero-order valence-corrected chi connectivity index (χ0v) is 28.7. The van der Waals surface area contributed by atoms with Crippen LogP contribution >= 0.6 is 19.4 Å². The monoisotopic (exact) mass is 694 g/mol. The Morgan fingerprint density at radius 3 is 2.43 bits per heavy atom. The summed E-state index contributed by atoms with van der Waals surface area (Å²) in [7, 11) is -4.04. The molecule has 0 radical (unpaired) electrons. The fourth-order valence-corrected chi connectivity index (χ4v) is 6.42. The number of non-ortho nitro benzene ring substituents is 1. The highest BCUT2D eigenvalue weighted by atomic mass is 32.2. The molecule has 3 aromatic rings. The van der Waals surface area contributed by atoms with Gasteiger partial charge in [-0.3, -0.25) is 28.8 Å². The lowest BCUT2D eigenvalue weighted by Crippen LogP contribution is -2.27. The molecule has 18 heteroatoms. The summed E-state index contributed by atoms with van der Waals surface area (Å²) in [6, 6.07) is 6.00. The van der Waals surface area contributed by atoms with Gasteiger partial charge in [0.15, 0.2) is 5.65 Å². The van der Waals surface area contributed by atoms with E-state index in [9.17, 15) is 29.4 Å². The van der Waals surface area contributed by atoms with Crippen molar-refractivity contribution in [3.05, 3.63) is 40.7 Å². The number of aromatic nitrogens is 4. The van der Waals surface area contributed by atoms with Gasteiger partial charge in [-0.05, 0) is 65.5 Å². The van der Waals surface area contributed by atoms with Crippen molar-refractivity contribution in [3.63, 3.8) is 0 Å². The third-order valence-corrected chi connectivity index (χ3v) is 10.2. The maximum absolute atomic E-state index is 13.8. The summed E-state index contributed by atoms with van der Waals surface area (Å²) in [6.45, 7) is 9.41. The Kier molecular flexibility index (Phi) is 10.7. The molecular weight excluding hydrogens is 655 g/mol. The molecule has 0 bridgehead atoms. The first-order valence-electron chi connectivity index (χ1n) is 14.7. The number of nitrogens with zero attached hydrogens (tertiary/aromatic N) is 5. The number of rotatable bonds is 16. The molecule has 1 aromatic carbocycles. The van der Waals surface area contributed by atoms with E-state index in [-0.39, 0.29) is 37.1 Å². The number of hydrogen-bond donors (Lipinski definition) is 2. The van der Waals surface area contributed by atoms with Gasteiger partial charge in [0.05, 0.1) is 40.8 Å². The quantitative estimate of drug-likeness (QED) is 0.0472. The molecule has 0 amide bonds. The number of esters is 1. The van der Waals surface area contributed by atoms with Crippen LogP contribution in [0, 0.1) is 26.9 Å². The molecular formula is C29H39N6O10PS. The number of benzene rings is 1. The average molecular weight is 695 g/mol. The molecule has 16 nitrogen and oxygen atoms in total. The van der Waals surface area contributed by atoms with Crippen molar-refractivity contribution < 1.29 is 42.7 Å². The van der Waals surface area contributed by atoms with Crippen LogP contribution in [0.2, 0.25) is 0 Å². The maximum atomic E-state index is 13.8. The van der Waals surface area contributed by atoms with E-state index in [0.717, 1.165) is 0 Å². The zero-order valence-electron chi connectivity index (χ0n) is 27.0. The van der Waals surface area contributed by atoms with E-state index in [1.807, 2.05) is 6.92 Å². The van der Waals surface area contributed by atoms with Crippen molar-refractivity contribution in [2.24, 2.45) is 16.7 Å². The lowest BCUT2D eigenvalue weighted by molar-refractivity contribution is -0.384. The van der Waals surface area contributed by atoms with E-state index in [0.29, 0.717) is 27.5 Å². The van der Waals surface area contributed by atoms with Gasteiger partial charge in [0.1, 0.15) is 16.9 Å². The number of hydrogen-bond acceptors (Lipinski definition) is 14. The first kappa shape index (κ1) is 36.2. The van der Waals surface area contributed by atoms with Gasteiger partial charge in [0, 0.05) is 17.0 Å². The molecule has 47 heavy (non-hydrogen) atoms. The summed E-state index contributed by atoms with van der Waals surface area (Å²) < 4.78 is 38.0. The SMILES string of the molecule is CC1CC1(Cn1cnc2c(Sc3ccc([N+](=O)[O-])cc3)nc(N)nc21)OCP(=O)(OCCC(C)(C)C(=O)O)OCOC(=O)C(C)(C)C. The summed E-state index contributed by atoms with van der Waals surface area (Å²) in [5, 5.41) is 20.9. The van der Waals surface area contributed by atoms with E-state index in [4.69, 9.17) is 24.3 Å². The Balaban J connectivity index is 1.50. The van der Waals surface area contributed by atoms with Crippen LogP contribution in [0.15, 0.2) is 40.5 Å². The fraction of sp³-hybridized carbons (Fsp3) is 0.552. The third kappa shape index (κ3) is 9.05. The van der Waals surface area contributed by atoms with Crippen LogP contribution < -0.4 is 5.73 Å². The molecule has 0 saturated heterocycles. The normalized spacial score (nSPS) is 19.3. The summed E-state index contributed by atoms with van der Waals surface area (Å²) in [6.07, 6.45) is 1.73. The first-order chi connectivity index (χ1) is 21.8. The molecule has 1 aliphatic rings. The topological polar surface area (TPSA) is 221 Å². The highest BCUT2D eigenvalue weighted by Crippen LogP contribution is 2.55. The third-order valence-electron chi connectivity index (χ3n) is 7.69. The fourth-order valence-electron chi connectivity index (χ4n) is 4.33. The van der Waals surface area contributed by atoms with Gasteiger partial charge in [0.2, 0.25) is 12.7 Å². The van der Waals surface area contributed by atoms with Crippen LogP contribution in [0.3, 0.4) is 0 Å². The van der Waals surface area contributed by atoms with Crippen LogP contribution in [0.5, 0.6) is 0 Å². The van der Waals surface area contributed by atoms with Crippen LogP contribution in [-0.2, 0) is 39.2 Å². The minimum absolute atomic E-state index is 0.00265. The number of nitro benzene ring substituents is 1. The van der Waals surface area contributed by atoms with Gasteiger partial charge in [-0.1, -0.05) is 18.7 Å². The highest BCUT2D eigenvalue weighted by Gasteiger charge is 2.54. The Bertz CT molecular complexity index is 1690. The number of carboxylic acid groups (broad SMARTS) is 1. The van der Waals surface area contributed by atoms with E-state index >= 15 is 0 Å². The van der Waals surface area contributed by atoms with Gasteiger partial charge >= 0.3 is 19.5 Å². The van der Waals surface area contributed by atoms with Crippen LogP contribution in [0.4, 0.5) is 11.6 Å². The standard InChI is InChI=1S/C29H39N6O10PS/c1-18-13-29(18,43-17-46(41,44-12-11-28(5,6)24(36)37)45-16-42-25(38)27(2,3)4)14-34-15-31-21-22(34)32-26(30)33-23(21)47-20-9-7-19(8-10-20)35(39)40/h7-10,15,18H,11-14,16-17H2,1-6H3,(H,36,37)(H2,30,32,33). The summed E-state index contributed by atoms with van der Waals surface area (Å²) in [5.41, 5.74) is 4.15. The van der Waals surface area contributed by atoms with E-state index in [2.05, 4.69) is 15.0 Å². The highest BCUT2D eigenvalue weighted by molar-refractivity contribution is 7.99. The molecule has 1 fully saturated rings. The van der Waals surface area contributed by atoms with Crippen molar-refractivity contribution in [1.82, 2.24) is 19.5 Å². The molecule has 256 valence electrons. The van der Waals surface area contributed by atoms with Gasteiger partial charge in [-0.2, -0.15) is 4.98 Å². The first-order valence-corrected chi connectivity index (χ1v) is 17.2. The molecule has 1 aliphatic carbocycles. The number of ether oxygens (including phenoxy) is 2. The molecule has 3 N–H and O–H groups in total. The Hall–Kier alpha value is -3.63. The lowest BCUT2D eigenvalue weighted by Gasteiger charge is -2.25. The number of nitrogen functional groups attached to an aromatic ring is 1. The number of imidazole rings is 1. The molecule has 1 saturated carbocycles. The summed E-state index contributed by atoms with van der Waals surface area (Å²) in [5.74, 6) is -1.57. The van der Waals surface area contributed by atoms with Crippen LogP contribution in [0.25, 0.3) is 11.2 Å². The molecule has 2 aromatic heterocycles. The second kappa shape index (κ2) is 13.8. The number of nitro groups is 1. The lowest BCUT2D eigenvalue weighted by atomic mass is 9.90. The van der Waals surface area contributed by atoms with Crippen LogP contribution in [0.1, 0.15) is 54.4 Å². The molecule has 2 heterocycles. The minimum atomic E-state index is -4.04. The smallest absolute Gasteiger partial charge is 0.359 e. The number of nitrogens with two attached hydrogens (primary N) is 1. The van der Waals surface area contributed by atoms with Crippen molar-refractivity contribution in [1.29, 1.82) is 0 Å². The second-order valence-corrected chi connectivity index (χ2v) is 16.1. The average Bonchev–Trinajstić information content (AvgIpc) is 3.44. The number of carbonyl (C=O) groups is 2. The largest absolute Gasteiger partial charge is 0.481 e. The number of aliphatic carboxylic acids is 1. The van der Waals surface area contributed by atoms with Gasteiger partial charge in [-0.25, -0.2) is 9.97 Å². The summed E-state index contributed by atoms with van der Waals surface area (Å²) in [4.78, 5) is 48.2. The Morgan fingerprint density at radius 1 is 1.19 bits per heavy atom. The number of fused-ring (bicyclic) bond motifs is 1. The van der Waals surface area contributed by atoms with Crippen LogP contribution in [-0.4, -0.2) is 66.8 Å². The zero-order chi connectivity index (χ0) is 34.8. The second-order valence-electron chi connectivity index (χ2n) is 13.0. The molecule has 3 unspecified atom stereocenters. The molecule has 4 rings (SSSR count). The van der Waals surface area contributed by atoms with Crippen molar-refractivity contribution in [3.8, 4) is 0 Å². The molecule has 3 atom stereocenters. The summed E-state index contributed by atoms with van der Waals surface area (Å²) >= 11 is 1.23. The Labute approximate surface area is 275 Å². The predicted molar refractivity (Wildman–Crippen MR) is 171 cm³/mol. The van der Waals surface area contributed by atoms with E-state index in [1.165, 1.54) is 37.7 Å². The number of anilines is 1. The minimum Gasteiger partial charge on any atom is -0.481 e. The van der Waals surface area contributed by atoms with Gasteiger partial charge in [-0.15, -0.1) is 0 Å². The van der Waals surface area contributed by atoms with E-state index in [1.54, 1.807) is 43.8 Å². The van der Waals surface area contributed by atoms with Crippen molar-refractivity contribution in [2.75, 3.05) is 25.5 Å². The van der Waals surface area contributed by atoms with Gasteiger partial charge < -0.3 is 29.4 Å². The van der Waals surface area contributed by atoms with E-state index < -0.39 is 54.0 Å². The Morgan fingerprint density at radius 2 is 1.85 bits per heavy atom. The number of carboxylic acids is 1.